The van der Waals surface area contributed by atoms with Gasteiger partial charge in [0.1, 0.15) is 0 Å². The zero-order valence-corrected chi connectivity index (χ0v) is 35.9. The van der Waals surface area contributed by atoms with Crippen molar-refractivity contribution in [2.75, 3.05) is 26.9 Å². The molecule has 0 radical (unpaired) electrons. The second-order valence-corrected chi connectivity index (χ2v) is 16.4. The molecule has 4 nitrogen and oxygen atoms in total. The smallest absolute Gasteiger partial charge is 0.209 e. The van der Waals surface area contributed by atoms with Crippen LogP contribution in [0.4, 0.5) is 0 Å². The Bertz CT molecular complexity index is 590. The number of methoxy groups -OCH3 is 1. The van der Waals surface area contributed by atoms with Crippen molar-refractivity contribution in [1.29, 1.82) is 0 Å². The Labute approximate surface area is 299 Å². The van der Waals surface area contributed by atoms with E-state index >= 15 is 0 Å². The highest BCUT2D eigenvalue weighted by Crippen LogP contribution is 2.33. The molecule has 0 N–H and O–H groups in total. The van der Waals surface area contributed by atoms with E-state index in [9.17, 15) is 0 Å². The molecule has 0 aromatic rings. The first kappa shape index (κ1) is 51.2. The molecule has 2 aliphatic rings. The molecule has 0 aliphatic heterocycles. The van der Waals surface area contributed by atoms with Gasteiger partial charge >= 0.3 is 0 Å². The predicted octanol–water partition coefficient (Wildman–Crippen LogP) is 13.6. The molecule has 2 saturated carbocycles. The lowest BCUT2D eigenvalue weighted by Gasteiger charge is -2.29. The molecule has 47 heavy (non-hydrogen) atoms. The zero-order chi connectivity index (χ0) is 37.1. The van der Waals surface area contributed by atoms with Crippen LogP contribution in [-0.2, 0) is 18.9 Å². The van der Waals surface area contributed by atoms with Crippen LogP contribution in [0.15, 0.2) is 0 Å². The summed E-state index contributed by atoms with van der Waals surface area (Å²) >= 11 is 0. The summed E-state index contributed by atoms with van der Waals surface area (Å²) in [5.41, 5.74) is 0. The second kappa shape index (κ2) is 31.8. The van der Waals surface area contributed by atoms with Crippen molar-refractivity contribution in [1.82, 2.24) is 0 Å². The number of rotatable bonds is 13. The largest absolute Gasteiger partial charge is 0.351 e. The molecule has 2 aliphatic carbocycles. The molecule has 6 unspecified atom stereocenters. The van der Waals surface area contributed by atoms with Gasteiger partial charge in [-0.25, -0.2) is 0 Å². The molecular weight excluding hydrogens is 580 g/mol. The summed E-state index contributed by atoms with van der Waals surface area (Å²) in [6, 6.07) is 0. The summed E-state index contributed by atoms with van der Waals surface area (Å²) in [5.74, 6) is 10.3. The molecular formula is C43H92O4. The van der Waals surface area contributed by atoms with Crippen LogP contribution in [0.5, 0.6) is 0 Å². The topological polar surface area (TPSA) is 36.9 Å². The third-order valence-corrected chi connectivity index (χ3v) is 11.1. The van der Waals surface area contributed by atoms with Gasteiger partial charge in [-0.2, -0.15) is 0 Å². The Hall–Kier alpha value is -0.160. The van der Waals surface area contributed by atoms with E-state index < -0.39 is 12.6 Å². The highest BCUT2D eigenvalue weighted by atomic mass is 16.8. The highest BCUT2D eigenvalue weighted by molar-refractivity contribution is 4.72. The molecule has 2 rings (SSSR count). The summed E-state index contributed by atoms with van der Waals surface area (Å²) in [6.07, 6.45) is 10.6. The van der Waals surface area contributed by atoms with E-state index in [2.05, 4.69) is 104 Å². The molecule has 0 spiro atoms. The third-order valence-electron chi connectivity index (χ3n) is 11.1. The van der Waals surface area contributed by atoms with Gasteiger partial charge in [0.25, 0.3) is 0 Å². The lowest BCUT2D eigenvalue weighted by Crippen LogP contribution is -2.35. The molecule has 0 aromatic carbocycles. The summed E-state index contributed by atoms with van der Waals surface area (Å²) in [4.78, 5) is 0. The Morgan fingerprint density at radius 2 is 0.830 bits per heavy atom. The third kappa shape index (κ3) is 28.3. The van der Waals surface area contributed by atoms with Gasteiger partial charge in [0.2, 0.25) is 12.6 Å². The molecule has 0 heterocycles. The van der Waals surface area contributed by atoms with Gasteiger partial charge in [-0.3, -0.25) is 0 Å². The Morgan fingerprint density at radius 1 is 0.468 bits per heavy atom. The maximum atomic E-state index is 5.32. The predicted molar refractivity (Wildman–Crippen MR) is 210 cm³/mol. The average Bonchev–Trinajstić information content (AvgIpc) is 3.01. The molecule has 0 saturated heterocycles. The maximum Gasteiger partial charge on any atom is 0.209 e. The number of hydrogen-bond acceptors (Lipinski definition) is 4. The summed E-state index contributed by atoms with van der Waals surface area (Å²) in [5, 5.41) is 0. The Morgan fingerprint density at radius 3 is 1.06 bits per heavy atom. The first-order chi connectivity index (χ1) is 21.9. The Balaban J connectivity index is -0.000000522. The van der Waals surface area contributed by atoms with E-state index in [1.54, 1.807) is 7.11 Å². The van der Waals surface area contributed by atoms with Crippen LogP contribution in [0.2, 0.25) is 0 Å². The van der Waals surface area contributed by atoms with Crippen molar-refractivity contribution >= 4 is 0 Å². The summed E-state index contributed by atoms with van der Waals surface area (Å²) < 4.78 is 21.0. The van der Waals surface area contributed by atoms with E-state index in [0.29, 0.717) is 19.8 Å². The number of ether oxygens (including phenoxy) is 4. The fourth-order valence-electron chi connectivity index (χ4n) is 6.70. The monoisotopic (exact) mass is 673 g/mol. The van der Waals surface area contributed by atoms with E-state index in [0.717, 1.165) is 65.1 Å². The summed E-state index contributed by atoms with van der Waals surface area (Å²) in [7, 11) is 1.57. The SMILES string of the molecule is CC(C)C(C)C(C)C.CC1CC(C)CC(C)C1.CC1CCC(C)C(C)C1.CCC(C)C(C)CC.CCOC(OC)C(OCC)OCC. The fraction of sp³-hybridized carbons (Fsp3) is 1.00. The standard InChI is InChI=1S/C9H20O4.2C9H18.2C8H18/c1-5-11-8(10-4)9(12-6-2)13-7-3;1-7-4-8(2)6-9(3)5-7;1-7-4-5-8(2)9(3)6-7;1-6(2)8(5)7(3)4;1-5-7(3)8(4)6-2/h8-9H,5-7H2,1-4H3;2*7-9H,4-6H2,1-3H3;6-8H,1-5H3;7-8H,5-6H2,1-4H3. The van der Waals surface area contributed by atoms with E-state index in [1.165, 1.54) is 51.4 Å². The van der Waals surface area contributed by atoms with Gasteiger partial charge < -0.3 is 18.9 Å². The highest BCUT2D eigenvalue weighted by Gasteiger charge is 2.23. The van der Waals surface area contributed by atoms with Crippen LogP contribution >= 0.6 is 0 Å². The van der Waals surface area contributed by atoms with Crippen molar-refractivity contribution in [3.05, 3.63) is 0 Å². The average molecular weight is 673 g/mol. The minimum absolute atomic E-state index is 0.431. The molecule has 6 atom stereocenters. The van der Waals surface area contributed by atoms with Crippen LogP contribution < -0.4 is 0 Å². The van der Waals surface area contributed by atoms with Gasteiger partial charge in [-0.15, -0.1) is 0 Å². The first-order valence-corrected chi connectivity index (χ1v) is 20.3. The van der Waals surface area contributed by atoms with Crippen molar-refractivity contribution in [2.45, 2.75) is 189 Å². The van der Waals surface area contributed by atoms with Gasteiger partial charge in [0.05, 0.1) is 0 Å². The maximum absolute atomic E-state index is 5.32. The number of hydrogen-bond donors (Lipinski definition) is 0. The van der Waals surface area contributed by atoms with E-state index in [1.807, 2.05) is 20.8 Å². The van der Waals surface area contributed by atoms with E-state index in [-0.39, 0.29) is 0 Å². The molecule has 288 valence electrons. The zero-order valence-electron chi connectivity index (χ0n) is 35.9. The summed E-state index contributed by atoms with van der Waals surface area (Å²) in [6.45, 7) is 42.4. The molecule has 0 aromatic heterocycles. The van der Waals surface area contributed by atoms with Crippen LogP contribution in [0.3, 0.4) is 0 Å². The minimum Gasteiger partial charge on any atom is -0.351 e. The van der Waals surface area contributed by atoms with Crippen LogP contribution in [-0.4, -0.2) is 39.5 Å². The fourth-order valence-corrected chi connectivity index (χ4v) is 6.70. The molecule has 2 fully saturated rings. The van der Waals surface area contributed by atoms with Crippen LogP contribution in [0, 0.1) is 65.1 Å². The van der Waals surface area contributed by atoms with Gasteiger partial charge in [0.15, 0.2) is 0 Å². The quantitative estimate of drug-likeness (QED) is 0.182. The van der Waals surface area contributed by atoms with Crippen molar-refractivity contribution in [2.24, 2.45) is 65.1 Å². The van der Waals surface area contributed by atoms with E-state index in [4.69, 9.17) is 18.9 Å². The van der Waals surface area contributed by atoms with Crippen molar-refractivity contribution < 1.29 is 18.9 Å². The Kier molecular flexibility index (Phi) is 34.6. The second-order valence-electron chi connectivity index (χ2n) is 16.4. The minimum atomic E-state index is -0.440. The molecule has 0 amide bonds. The lowest BCUT2D eigenvalue weighted by atomic mass is 9.77. The first-order valence-electron chi connectivity index (χ1n) is 20.3. The van der Waals surface area contributed by atoms with Crippen molar-refractivity contribution in [3.8, 4) is 0 Å². The molecule has 4 heteroatoms. The lowest BCUT2D eigenvalue weighted by molar-refractivity contribution is -0.275. The van der Waals surface area contributed by atoms with Crippen LogP contribution in [0.25, 0.3) is 0 Å². The van der Waals surface area contributed by atoms with Crippen molar-refractivity contribution in [3.63, 3.8) is 0 Å². The normalized spacial score (nSPS) is 26.1. The van der Waals surface area contributed by atoms with Gasteiger partial charge in [-0.05, 0) is 112 Å². The van der Waals surface area contributed by atoms with Gasteiger partial charge in [0, 0.05) is 26.9 Å². The van der Waals surface area contributed by atoms with Gasteiger partial charge in [-0.1, -0.05) is 130 Å². The molecule has 0 bridgehead atoms. The van der Waals surface area contributed by atoms with Crippen LogP contribution in [0.1, 0.15) is 176 Å².